The second-order valence-corrected chi connectivity index (χ2v) is 14.2. The molecule has 2 amide bonds. The summed E-state index contributed by atoms with van der Waals surface area (Å²) in [7, 11) is 0. The molecular formula is C39H49N5O4. The van der Waals surface area contributed by atoms with Gasteiger partial charge in [-0.3, -0.25) is 14.4 Å². The van der Waals surface area contributed by atoms with E-state index in [9.17, 15) is 19.5 Å². The number of nitrogens with zero attached hydrogens (tertiary/aromatic N) is 4. The van der Waals surface area contributed by atoms with Crippen molar-refractivity contribution in [3.05, 3.63) is 77.6 Å². The van der Waals surface area contributed by atoms with Crippen molar-refractivity contribution in [3.63, 3.8) is 0 Å². The summed E-state index contributed by atoms with van der Waals surface area (Å²) in [6.45, 7) is 6.67. The number of hydrogen-bond donors (Lipinski definition) is 2. The van der Waals surface area contributed by atoms with Gasteiger partial charge in [-0.2, -0.15) is 0 Å². The third-order valence-corrected chi connectivity index (χ3v) is 10.9. The summed E-state index contributed by atoms with van der Waals surface area (Å²) in [5.74, 6) is 1.25. The smallest absolute Gasteiger partial charge is 0.310 e. The van der Waals surface area contributed by atoms with Crippen molar-refractivity contribution >= 4 is 23.5 Å². The lowest BCUT2D eigenvalue weighted by atomic mass is 9.72. The maximum atomic E-state index is 13.4. The molecule has 254 valence electrons. The van der Waals surface area contributed by atoms with E-state index in [-0.39, 0.29) is 31.3 Å². The Balaban J connectivity index is 1.05. The fourth-order valence-electron chi connectivity index (χ4n) is 7.83. The summed E-state index contributed by atoms with van der Waals surface area (Å²) in [6.07, 6.45) is 15.0. The lowest BCUT2D eigenvalue weighted by molar-refractivity contribution is -0.153. The van der Waals surface area contributed by atoms with E-state index >= 15 is 0 Å². The number of carboxylic acid groups (broad SMARTS) is 1. The largest absolute Gasteiger partial charge is 0.481 e. The minimum absolute atomic E-state index is 0.148. The third-order valence-electron chi connectivity index (χ3n) is 10.9. The highest BCUT2D eigenvalue weighted by atomic mass is 16.4. The minimum Gasteiger partial charge on any atom is -0.481 e. The molecule has 9 heteroatoms. The van der Waals surface area contributed by atoms with Crippen LogP contribution in [-0.4, -0.2) is 70.0 Å². The summed E-state index contributed by atoms with van der Waals surface area (Å²) in [5.41, 5.74) is 4.32. The van der Waals surface area contributed by atoms with E-state index in [4.69, 9.17) is 9.97 Å². The first-order valence-corrected chi connectivity index (χ1v) is 17.8. The molecule has 2 aliphatic heterocycles. The number of aryl methyl sites for hydroxylation is 1. The van der Waals surface area contributed by atoms with Crippen molar-refractivity contribution in [3.8, 4) is 11.4 Å². The summed E-state index contributed by atoms with van der Waals surface area (Å²) in [6, 6.07) is 14.1. The van der Waals surface area contributed by atoms with Crippen LogP contribution in [-0.2, 0) is 16.0 Å². The molecule has 0 radical (unpaired) electrons. The monoisotopic (exact) mass is 651 g/mol. The summed E-state index contributed by atoms with van der Waals surface area (Å²) in [5, 5.41) is 12.2. The molecule has 3 aromatic rings. The number of carbonyl (C=O) groups is 3. The molecule has 0 spiro atoms. The Morgan fingerprint density at radius 3 is 2.10 bits per heavy atom. The molecule has 6 rings (SSSR count). The Labute approximate surface area is 284 Å². The number of piperidine rings is 1. The Kier molecular flexibility index (Phi) is 10.7. The first-order chi connectivity index (χ1) is 23.3. The number of hydrogen-bond acceptors (Lipinski definition) is 6. The van der Waals surface area contributed by atoms with Gasteiger partial charge in [0.15, 0.2) is 5.82 Å². The molecule has 3 aliphatic rings. The molecule has 1 aromatic heterocycles. The molecule has 1 atom stereocenters. The Morgan fingerprint density at radius 2 is 1.50 bits per heavy atom. The molecule has 0 unspecified atom stereocenters. The zero-order valence-corrected chi connectivity index (χ0v) is 28.3. The zero-order valence-electron chi connectivity index (χ0n) is 28.3. The molecule has 2 aromatic carbocycles. The second kappa shape index (κ2) is 15.3. The van der Waals surface area contributed by atoms with E-state index in [1.165, 1.54) is 56.3 Å². The number of aromatic nitrogens is 2. The van der Waals surface area contributed by atoms with E-state index < -0.39 is 17.9 Å². The number of benzene rings is 2. The molecule has 9 nitrogen and oxygen atoms in total. The zero-order chi connectivity index (χ0) is 33.6. The maximum absolute atomic E-state index is 13.4. The lowest BCUT2D eigenvalue weighted by Gasteiger charge is -2.39. The topological polar surface area (TPSA) is 116 Å². The van der Waals surface area contributed by atoms with Gasteiger partial charge in [0.05, 0.1) is 24.0 Å². The Bertz CT molecular complexity index is 1540. The van der Waals surface area contributed by atoms with Crippen LogP contribution in [0.4, 0.5) is 5.69 Å². The first-order valence-electron chi connectivity index (χ1n) is 17.8. The van der Waals surface area contributed by atoms with Crippen LogP contribution < -0.4 is 10.2 Å². The van der Waals surface area contributed by atoms with Crippen LogP contribution in [0, 0.1) is 30.6 Å². The SMILES string of the molecule is CCCC1CCC(C2CCN(c3cnc(-c4ccc(C[C@H](NC(=O)c5ccc(C)cc5)C(=O)N5CC(C(=O)O)C5)cc4)nc3)CC2)CC1. The van der Waals surface area contributed by atoms with Crippen LogP contribution in [0.3, 0.4) is 0 Å². The number of rotatable bonds is 11. The van der Waals surface area contributed by atoms with E-state index in [1.54, 1.807) is 12.1 Å². The minimum atomic E-state index is -0.912. The average molecular weight is 652 g/mol. The molecule has 1 aliphatic carbocycles. The molecule has 0 bridgehead atoms. The van der Waals surface area contributed by atoms with Crippen molar-refractivity contribution in [2.75, 3.05) is 31.1 Å². The normalized spacial score (nSPS) is 21.0. The standard InChI is InChI=1S/C39H49N5O4/c1-3-4-27-7-13-29(14-8-27)30-17-19-43(20-18-30)34-22-40-36(41-23-34)31-15-9-28(10-16-31)21-35(38(46)44-24-33(25-44)39(47)48)42-37(45)32-11-5-26(2)6-12-32/h5-6,9-12,15-16,22-23,27,29-30,33,35H,3-4,7-8,13-14,17-21,24-25H2,1-2H3,(H,42,45)(H,47,48)/t27?,29?,35-/m0/s1. The van der Waals surface area contributed by atoms with E-state index in [1.807, 2.05) is 55.7 Å². The predicted molar refractivity (Wildman–Crippen MR) is 187 cm³/mol. The van der Waals surface area contributed by atoms with Crippen LogP contribution in [0.5, 0.6) is 0 Å². The molecule has 3 fully saturated rings. The molecule has 48 heavy (non-hydrogen) atoms. The van der Waals surface area contributed by atoms with Crippen molar-refractivity contribution in [1.29, 1.82) is 0 Å². The van der Waals surface area contributed by atoms with E-state index in [0.29, 0.717) is 11.4 Å². The van der Waals surface area contributed by atoms with Crippen LogP contribution in [0.2, 0.25) is 0 Å². The predicted octanol–water partition coefficient (Wildman–Crippen LogP) is 6.16. The van der Waals surface area contributed by atoms with Gasteiger partial charge < -0.3 is 20.2 Å². The molecule has 2 N–H and O–H groups in total. The fourth-order valence-corrected chi connectivity index (χ4v) is 7.83. The molecule has 3 heterocycles. The van der Waals surface area contributed by atoms with Gasteiger partial charge in [0.2, 0.25) is 5.91 Å². The number of aliphatic carboxylic acids is 1. The number of anilines is 1. The van der Waals surface area contributed by atoms with Crippen LogP contribution >= 0.6 is 0 Å². The van der Waals surface area contributed by atoms with Gasteiger partial charge in [-0.05, 0) is 68.1 Å². The van der Waals surface area contributed by atoms with Crippen LogP contribution in [0.25, 0.3) is 11.4 Å². The number of amides is 2. The Morgan fingerprint density at radius 1 is 0.875 bits per heavy atom. The number of likely N-dealkylation sites (tertiary alicyclic amines) is 1. The third kappa shape index (κ3) is 8.05. The highest BCUT2D eigenvalue weighted by molar-refractivity contribution is 5.98. The second-order valence-electron chi connectivity index (χ2n) is 14.2. The molecular weight excluding hydrogens is 602 g/mol. The van der Waals surface area contributed by atoms with Crippen molar-refractivity contribution < 1.29 is 19.5 Å². The number of carboxylic acids is 1. The number of carbonyl (C=O) groups excluding carboxylic acids is 2. The van der Waals surface area contributed by atoms with Crippen LogP contribution in [0.15, 0.2) is 60.9 Å². The van der Waals surface area contributed by atoms with Gasteiger partial charge in [-0.15, -0.1) is 0 Å². The number of nitrogens with one attached hydrogen (secondary N) is 1. The van der Waals surface area contributed by atoms with Gasteiger partial charge >= 0.3 is 5.97 Å². The first kappa shape index (κ1) is 33.6. The highest BCUT2D eigenvalue weighted by Crippen LogP contribution is 2.39. The summed E-state index contributed by atoms with van der Waals surface area (Å²) < 4.78 is 0. The molecule has 2 saturated heterocycles. The lowest BCUT2D eigenvalue weighted by Crippen LogP contribution is -2.59. The summed E-state index contributed by atoms with van der Waals surface area (Å²) in [4.78, 5) is 51.1. The van der Waals surface area contributed by atoms with Crippen molar-refractivity contribution in [2.24, 2.45) is 23.7 Å². The van der Waals surface area contributed by atoms with Gasteiger partial charge in [-0.1, -0.05) is 74.6 Å². The maximum Gasteiger partial charge on any atom is 0.310 e. The van der Waals surface area contributed by atoms with Gasteiger partial charge in [0.1, 0.15) is 6.04 Å². The average Bonchev–Trinajstić information content (AvgIpc) is 3.08. The van der Waals surface area contributed by atoms with Gasteiger partial charge in [0.25, 0.3) is 5.91 Å². The quantitative estimate of drug-likeness (QED) is 0.255. The Hall–Kier alpha value is -4.27. The van der Waals surface area contributed by atoms with Gasteiger partial charge in [-0.25, -0.2) is 9.97 Å². The van der Waals surface area contributed by atoms with E-state index in [0.717, 1.165) is 53.2 Å². The van der Waals surface area contributed by atoms with Crippen molar-refractivity contribution in [2.45, 2.75) is 77.7 Å². The molecule has 1 saturated carbocycles. The fraction of sp³-hybridized carbons (Fsp3) is 0.513. The van der Waals surface area contributed by atoms with Gasteiger partial charge in [0, 0.05) is 43.7 Å². The van der Waals surface area contributed by atoms with E-state index in [2.05, 4.69) is 17.1 Å². The van der Waals surface area contributed by atoms with Crippen molar-refractivity contribution in [1.82, 2.24) is 20.2 Å². The highest BCUT2D eigenvalue weighted by Gasteiger charge is 2.39. The van der Waals surface area contributed by atoms with Crippen LogP contribution in [0.1, 0.15) is 79.8 Å². The summed E-state index contributed by atoms with van der Waals surface area (Å²) >= 11 is 0.